The van der Waals surface area contributed by atoms with E-state index in [-0.39, 0.29) is 17.0 Å². The highest BCUT2D eigenvalue weighted by atomic mass is 32.2. The molecule has 0 amide bonds. The molecule has 1 aromatic carbocycles. The number of fused-ring (bicyclic) bond motifs is 1. The number of nitrogens with two attached hydrogens (primary N) is 1. The first kappa shape index (κ1) is 14.2. The number of sulfonamides is 1. The first-order valence-corrected chi connectivity index (χ1v) is 8.15. The maximum atomic E-state index is 12.7. The summed E-state index contributed by atoms with van der Waals surface area (Å²) in [6.07, 6.45) is 0.656. The lowest BCUT2D eigenvalue weighted by Crippen LogP contribution is -2.40. The molecule has 1 aliphatic heterocycles. The van der Waals surface area contributed by atoms with Gasteiger partial charge >= 0.3 is 5.63 Å². The Labute approximate surface area is 122 Å². The lowest BCUT2D eigenvalue weighted by atomic mass is 10.2. The molecule has 7 heteroatoms. The summed E-state index contributed by atoms with van der Waals surface area (Å²) < 4.78 is 31.8. The number of rotatable bonds is 2. The van der Waals surface area contributed by atoms with E-state index >= 15 is 0 Å². The molecule has 0 aliphatic carbocycles. The molecule has 2 atom stereocenters. The van der Waals surface area contributed by atoms with E-state index in [1.54, 1.807) is 6.07 Å². The van der Waals surface area contributed by atoms with Crippen molar-refractivity contribution in [1.82, 2.24) is 4.31 Å². The average Bonchev–Trinajstić information content (AvgIpc) is 2.79. The van der Waals surface area contributed by atoms with Crippen molar-refractivity contribution in [2.75, 3.05) is 6.54 Å². The van der Waals surface area contributed by atoms with Crippen molar-refractivity contribution < 1.29 is 12.8 Å². The van der Waals surface area contributed by atoms with Gasteiger partial charge in [0.05, 0.1) is 4.90 Å². The van der Waals surface area contributed by atoms with E-state index in [0.717, 1.165) is 0 Å². The monoisotopic (exact) mass is 308 g/mol. The third kappa shape index (κ3) is 2.37. The Balaban J connectivity index is 2.07. The standard InChI is InChI=1S/C14H16N2O4S/c1-9-12(15)6-7-16(9)21(18,19)11-3-4-13-10(8-11)2-5-14(17)20-13/h2-5,8-9,12H,6-7,15H2,1H3. The molecule has 0 bridgehead atoms. The van der Waals surface area contributed by atoms with E-state index < -0.39 is 15.6 Å². The SMILES string of the molecule is CC1C(N)CCN1S(=O)(=O)c1ccc2oc(=O)ccc2c1. The van der Waals surface area contributed by atoms with Crippen LogP contribution < -0.4 is 11.4 Å². The summed E-state index contributed by atoms with van der Waals surface area (Å²) in [6, 6.07) is 6.94. The van der Waals surface area contributed by atoms with Gasteiger partial charge in [-0.15, -0.1) is 0 Å². The Morgan fingerprint density at radius 2 is 2.05 bits per heavy atom. The van der Waals surface area contributed by atoms with Crippen molar-refractivity contribution in [1.29, 1.82) is 0 Å². The van der Waals surface area contributed by atoms with Gasteiger partial charge < -0.3 is 10.2 Å². The van der Waals surface area contributed by atoms with Gasteiger partial charge in [0.2, 0.25) is 10.0 Å². The molecule has 112 valence electrons. The minimum Gasteiger partial charge on any atom is -0.423 e. The number of benzene rings is 1. The smallest absolute Gasteiger partial charge is 0.336 e. The number of hydrogen-bond acceptors (Lipinski definition) is 5. The molecule has 2 heterocycles. The van der Waals surface area contributed by atoms with Crippen molar-refractivity contribution in [3.05, 3.63) is 40.8 Å². The van der Waals surface area contributed by atoms with Crippen LogP contribution in [0.5, 0.6) is 0 Å². The van der Waals surface area contributed by atoms with Crippen LogP contribution in [0.3, 0.4) is 0 Å². The molecule has 0 radical (unpaired) electrons. The molecule has 1 fully saturated rings. The van der Waals surface area contributed by atoms with Gasteiger partial charge in [0.1, 0.15) is 5.58 Å². The molecule has 1 aromatic heterocycles. The van der Waals surface area contributed by atoms with Gasteiger partial charge in [-0.05, 0) is 37.6 Å². The Bertz CT molecular complexity index is 843. The molecule has 2 unspecified atom stereocenters. The lowest BCUT2D eigenvalue weighted by molar-refractivity contribution is 0.393. The topological polar surface area (TPSA) is 93.6 Å². The molecule has 1 saturated heterocycles. The highest BCUT2D eigenvalue weighted by Gasteiger charge is 2.37. The summed E-state index contributed by atoms with van der Waals surface area (Å²) in [5.74, 6) is 0. The Kier molecular flexibility index (Phi) is 3.35. The molecule has 1 aliphatic rings. The van der Waals surface area contributed by atoms with Crippen molar-refractivity contribution in [3.63, 3.8) is 0 Å². The van der Waals surface area contributed by atoms with Crippen LogP contribution in [0.25, 0.3) is 11.0 Å². The van der Waals surface area contributed by atoms with Gasteiger partial charge in [-0.25, -0.2) is 13.2 Å². The van der Waals surface area contributed by atoms with Crippen molar-refractivity contribution in [3.8, 4) is 0 Å². The Morgan fingerprint density at radius 1 is 1.29 bits per heavy atom. The highest BCUT2D eigenvalue weighted by molar-refractivity contribution is 7.89. The summed E-state index contributed by atoms with van der Waals surface area (Å²) in [6.45, 7) is 2.24. The maximum absolute atomic E-state index is 12.7. The van der Waals surface area contributed by atoms with Gasteiger partial charge in [-0.1, -0.05) is 0 Å². The fraction of sp³-hybridized carbons (Fsp3) is 0.357. The zero-order chi connectivity index (χ0) is 15.2. The molecule has 0 saturated carbocycles. The Hall–Kier alpha value is -1.70. The fourth-order valence-electron chi connectivity index (χ4n) is 2.62. The maximum Gasteiger partial charge on any atom is 0.336 e. The molecule has 6 nitrogen and oxygen atoms in total. The molecule has 2 aromatic rings. The summed E-state index contributed by atoms with van der Waals surface area (Å²) >= 11 is 0. The first-order chi connectivity index (χ1) is 9.89. The second kappa shape index (κ2) is 4.94. The third-order valence-corrected chi connectivity index (χ3v) is 5.94. The van der Waals surface area contributed by atoms with Crippen molar-refractivity contribution in [2.24, 2.45) is 5.73 Å². The van der Waals surface area contributed by atoms with Crippen LogP contribution in [-0.2, 0) is 10.0 Å². The summed E-state index contributed by atoms with van der Waals surface area (Å²) in [5, 5.41) is 0.576. The van der Waals surface area contributed by atoms with Crippen molar-refractivity contribution >= 4 is 21.0 Å². The van der Waals surface area contributed by atoms with E-state index in [9.17, 15) is 13.2 Å². The van der Waals surface area contributed by atoms with E-state index in [1.807, 2.05) is 6.92 Å². The van der Waals surface area contributed by atoms with Crippen LogP contribution >= 0.6 is 0 Å². The van der Waals surface area contributed by atoms with Crippen LogP contribution in [-0.4, -0.2) is 31.4 Å². The molecule has 2 N–H and O–H groups in total. The van der Waals surface area contributed by atoms with E-state index in [1.165, 1.54) is 28.6 Å². The average molecular weight is 308 g/mol. The molecule has 21 heavy (non-hydrogen) atoms. The van der Waals surface area contributed by atoms with Crippen LogP contribution in [0.4, 0.5) is 0 Å². The van der Waals surface area contributed by atoms with E-state index in [0.29, 0.717) is 23.9 Å². The van der Waals surface area contributed by atoms with Crippen LogP contribution in [0.1, 0.15) is 13.3 Å². The second-order valence-corrected chi connectivity index (χ2v) is 7.15. The number of hydrogen-bond donors (Lipinski definition) is 1. The van der Waals surface area contributed by atoms with E-state index in [4.69, 9.17) is 10.2 Å². The van der Waals surface area contributed by atoms with E-state index in [2.05, 4.69) is 0 Å². The Morgan fingerprint density at radius 3 is 2.71 bits per heavy atom. The quantitative estimate of drug-likeness (QED) is 0.832. The summed E-state index contributed by atoms with van der Waals surface area (Å²) in [4.78, 5) is 11.3. The van der Waals surface area contributed by atoms with Gasteiger partial charge in [-0.3, -0.25) is 0 Å². The highest BCUT2D eigenvalue weighted by Crippen LogP contribution is 2.27. The second-order valence-electron chi connectivity index (χ2n) is 5.26. The van der Waals surface area contributed by atoms with Crippen molar-refractivity contribution in [2.45, 2.75) is 30.3 Å². The lowest BCUT2D eigenvalue weighted by Gasteiger charge is -2.22. The summed E-state index contributed by atoms with van der Waals surface area (Å²) in [5.41, 5.74) is 5.80. The first-order valence-electron chi connectivity index (χ1n) is 6.71. The summed E-state index contributed by atoms with van der Waals surface area (Å²) in [7, 11) is -3.59. The number of nitrogens with zero attached hydrogens (tertiary/aromatic N) is 1. The fourth-order valence-corrected chi connectivity index (χ4v) is 4.35. The van der Waals surface area contributed by atoms with Gasteiger partial charge in [-0.2, -0.15) is 4.31 Å². The zero-order valence-corrected chi connectivity index (χ0v) is 12.3. The minimum atomic E-state index is -3.59. The molecular weight excluding hydrogens is 292 g/mol. The van der Waals surface area contributed by atoms with Gasteiger partial charge in [0.15, 0.2) is 0 Å². The van der Waals surface area contributed by atoms with Crippen LogP contribution in [0, 0.1) is 0 Å². The van der Waals surface area contributed by atoms with Crippen LogP contribution in [0.15, 0.2) is 44.4 Å². The predicted molar refractivity (Wildman–Crippen MR) is 78.4 cm³/mol. The normalized spacial score (nSPS) is 23.7. The zero-order valence-electron chi connectivity index (χ0n) is 11.5. The van der Waals surface area contributed by atoms with Gasteiger partial charge in [0, 0.05) is 30.1 Å². The van der Waals surface area contributed by atoms with Gasteiger partial charge in [0.25, 0.3) is 0 Å². The molecule has 0 spiro atoms. The predicted octanol–water partition coefficient (Wildman–Crippen LogP) is 0.903. The third-order valence-electron chi connectivity index (χ3n) is 3.95. The van der Waals surface area contributed by atoms with Crippen LogP contribution in [0.2, 0.25) is 0 Å². The molecule has 3 rings (SSSR count). The molecular formula is C14H16N2O4S. The minimum absolute atomic E-state index is 0.141. The largest absolute Gasteiger partial charge is 0.423 e.